The van der Waals surface area contributed by atoms with Crippen LogP contribution in [0.15, 0.2) is 0 Å². The van der Waals surface area contributed by atoms with E-state index in [4.69, 9.17) is 4.74 Å². The van der Waals surface area contributed by atoms with Gasteiger partial charge < -0.3 is 14.6 Å². The third kappa shape index (κ3) is 3.09. The number of hydrogen-bond acceptors (Lipinski definition) is 2. The van der Waals surface area contributed by atoms with E-state index >= 15 is 0 Å². The molecule has 12 heavy (non-hydrogen) atoms. The number of morpholine rings is 1. The molecular weight excluding hydrogens is 154 g/mol. The minimum atomic E-state index is -0.117. The summed E-state index contributed by atoms with van der Waals surface area (Å²) in [5, 5.41) is 11.6. The highest BCUT2D eigenvalue weighted by molar-refractivity contribution is 4.62. The smallest absolute Gasteiger partial charge is 0.107 e. The molecule has 1 fully saturated rings. The number of likely N-dealkylation sites (N-methyl/N-ethyl adjacent to an activating group) is 1. The van der Waals surface area contributed by atoms with Crippen molar-refractivity contribution >= 4 is 0 Å². The number of unbranched alkanes of at least 4 members (excludes halogenated alkanes) is 1. The van der Waals surface area contributed by atoms with Crippen LogP contribution < -0.4 is 0 Å². The van der Waals surface area contributed by atoms with E-state index in [1.807, 2.05) is 0 Å². The number of ether oxygens (including phenoxy) is 1. The Morgan fingerprint density at radius 3 is 2.92 bits per heavy atom. The molecule has 3 nitrogen and oxygen atoms in total. The lowest BCUT2D eigenvalue weighted by Crippen LogP contribution is -2.51. The zero-order chi connectivity index (χ0) is 9.03. The summed E-state index contributed by atoms with van der Waals surface area (Å²) >= 11 is 0. The highest BCUT2D eigenvalue weighted by Crippen LogP contribution is 2.15. The van der Waals surface area contributed by atoms with Gasteiger partial charge in [0.1, 0.15) is 19.2 Å². The molecule has 0 aromatic heterocycles. The van der Waals surface area contributed by atoms with Crippen molar-refractivity contribution in [3.8, 4) is 0 Å². The average Bonchev–Trinajstić information content (AvgIpc) is 1.99. The van der Waals surface area contributed by atoms with Crippen LogP contribution in [0.25, 0.3) is 0 Å². The van der Waals surface area contributed by atoms with Crippen LogP contribution in [0.5, 0.6) is 0 Å². The fourth-order valence-corrected chi connectivity index (χ4v) is 1.59. The number of hydroxylamine groups is 3. The molecule has 2 unspecified atom stereocenters. The highest BCUT2D eigenvalue weighted by atomic mass is 16.6. The van der Waals surface area contributed by atoms with Gasteiger partial charge in [0, 0.05) is 0 Å². The molecule has 0 radical (unpaired) electrons. The van der Waals surface area contributed by atoms with Crippen LogP contribution in [-0.4, -0.2) is 37.5 Å². The van der Waals surface area contributed by atoms with Crippen molar-refractivity contribution < 1.29 is 9.38 Å². The van der Waals surface area contributed by atoms with Gasteiger partial charge in [-0.15, -0.1) is 0 Å². The Labute approximate surface area is 74.5 Å². The molecule has 0 amide bonds. The molecule has 2 atom stereocenters. The number of hydrogen-bond donors (Lipinski definition) is 0. The average molecular weight is 173 g/mol. The Bertz CT molecular complexity index is 136. The molecule has 0 aromatic carbocycles. The van der Waals surface area contributed by atoms with Crippen molar-refractivity contribution in [2.45, 2.75) is 32.3 Å². The maximum atomic E-state index is 11.6. The van der Waals surface area contributed by atoms with Crippen molar-refractivity contribution in [1.29, 1.82) is 0 Å². The third-order valence-electron chi connectivity index (χ3n) is 2.39. The van der Waals surface area contributed by atoms with Gasteiger partial charge in [-0.2, -0.15) is 0 Å². The first-order valence-corrected chi connectivity index (χ1v) is 4.81. The molecule has 0 saturated carbocycles. The van der Waals surface area contributed by atoms with Crippen molar-refractivity contribution in [3.05, 3.63) is 5.21 Å². The predicted molar refractivity (Wildman–Crippen MR) is 48.6 cm³/mol. The normalized spacial score (nSPS) is 36.8. The van der Waals surface area contributed by atoms with Crippen LogP contribution >= 0.6 is 0 Å². The summed E-state index contributed by atoms with van der Waals surface area (Å²) in [7, 11) is 1.74. The molecule has 0 spiro atoms. The van der Waals surface area contributed by atoms with Gasteiger partial charge in [0.2, 0.25) is 0 Å². The van der Waals surface area contributed by atoms with Crippen LogP contribution in [0.3, 0.4) is 0 Å². The molecular formula is C9H19NO2. The molecule has 0 N–H and O–H groups in total. The lowest BCUT2D eigenvalue weighted by molar-refractivity contribution is -0.873. The molecule has 0 aromatic rings. The summed E-state index contributed by atoms with van der Waals surface area (Å²) < 4.78 is 5.38. The molecule has 72 valence electrons. The van der Waals surface area contributed by atoms with Crippen LogP contribution in [0.4, 0.5) is 0 Å². The Kier molecular flexibility index (Phi) is 3.50. The fraction of sp³-hybridized carbons (Fsp3) is 1.00. The van der Waals surface area contributed by atoms with E-state index < -0.39 is 0 Å². The van der Waals surface area contributed by atoms with Gasteiger partial charge in [0.25, 0.3) is 0 Å². The SMILES string of the molecule is CCCCC1C[N+](C)([O-])CCO1. The van der Waals surface area contributed by atoms with Crippen molar-refractivity contribution in [2.75, 3.05) is 26.7 Å². The second-order valence-corrected chi connectivity index (χ2v) is 3.84. The molecule has 3 heteroatoms. The zero-order valence-electron chi connectivity index (χ0n) is 8.08. The monoisotopic (exact) mass is 173 g/mol. The second kappa shape index (κ2) is 4.21. The number of quaternary nitrogens is 1. The van der Waals surface area contributed by atoms with Crippen LogP contribution in [0.1, 0.15) is 26.2 Å². The highest BCUT2D eigenvalue weighted by Gasteiger charge is 2.24. The van der Waals surface area contributed by atoms with Crippen molar-refractivity contribution in [2.24, 2.45) is 0 Å². The van der Waals surface area contributed by atoms with Crippen LogP contribution in [0.2, 0.25) is 0 Å². The molecule has 1 rings (SSSR count). The predicted octanol–water partition coefficient (Wildman–Crippen LogP) is 1.52. The molecule has 1 aliphatic rings. The maximum absolute atomic E-state index is 11.6. The van der Waals surface area contributed by atoms with E-state index in [2.05, 4.69) is 6.92 Å². The molecule has 1 heterocycles. The molecule has 1 aliphatic heterocycles. The minimum Gasteiger partial charge on any atom is -0.633 e. The first kappa shape index (κ1) is 9.96. The van der Waals surface area contributed by atoms with E-state index in [0.717, 1.165) is 6.42 Å². The Morgan fingerprint density at radius 1 is 1.58 bits per heavy atom. The molecule has 0 aliphatic carbocycles. The van der Waals surface area contributed by atoms with E-state index in [1.165, 1.54) is 12.8 Å². The summed E-state index contributed by atoms with van der Waals surface area (Å²) in [6, 6.07) is 0. The standard InChI is InChI=1S/C9H19NO2/c1-3-4-5-9-8-10(2,11)6-7-12-9/h9H,3-8H2,1-2H3. The fourth-order valence-electron chi connectivity index (χ4n) is 1.59. The van der Waals surface area contributed by atoms with E-state index in [9.17, 15) is 5.21 Å². The second-order valence-electron chi connectivity index (χ2n) is 3.84. The van der Waals surface area contributed by atoms with Gasteiger partial charge in [-0.25, -0.2) is 0 Å². The summed E-state index contributed by atoms with van der Waals surface area (Å²) in [6.45, 7) is 4.05. The van der Waals surface area contributed by atoms with Gasteiger partial charge in [-0.3, -0.25) is 0 Å². The van der Waals surface area contributed by atoms with Crippen molar-refractivity contribution in [3.63, 3.8) is 0 Å². The lowest BCUT2D eigenvalue weighted by Gasteiger charge is -2.44. The van der Waals surface area contributed by atoms with Gasteiger partial charge in [0.05, 0.1) is 13.7 Å². The Balaban J connectivity index is 2.26. The lowest BCUT2D eigenvalue weighted by atomic mass is 10.1. The first-order chi connectivity index (χ1) is 5.64. The van der Waals surface area contributed by atoms with E-state index in [0.29, 0.717) is 19.7 Å². The number of nitrogens with zero attached hydrogens (tertiary/aromatic N) is 1. The first-order valence-electron chi connectivity index (χ1n) is 4.81. The quantitative estimate of drug-likeness (QED) is 0.479. The summed E-state index contributed by atoms with van der Waals surface area (Å²) in [5.41, 5.74) is 0. The van der Waals surface area contributed by atoms with Gasteiger partial charge in [0.15, 0.2) is 0 Å². The Morgan fingerprint density at radius 2 is 2.33 bits per heavy atom. The number of rotatable bonds is 3. The summed E-state index contributed by atoms with van der Waals surface area (Å²) in [6.07, 6.45) is 3.61. The summed E-state index contributed by atoms with van der Waals surface area (Å²) in [5.74, 6) is 0. The Hall–Kier alpha value is -0.120. The topological polar surface area (TPSA) is 32.3 Å². The zero-order valence-corrected chi connectivity index (χ0v) is 8.08. The maximum Gasteiger partial charge on any atom is 0.107 e. The largest absolute Gasteiger partial charge is 0.633 e. The van der Waals surface area contributed by atoms with Gasteiger partial charge in [-0.1, -0.05) is 19.8 Å². The molecule has 1 saturated heterocycles. The van der Waals surface area contributed by atoms with Crippen LogP contribution in [-0.2, 0) is 4.74 Å². The molecule has 0 bridgehead atoms. The van der Waals surface area contributed by atoms with E-state index in [1.54, 1.807) is 7.05 Å². The summed E-state index contributed by atoms with van der Waals surface area (Å²) in [4.78, 5) is 0. The van der Waals surface area contributed by atoms with Gasteiger partial charge in [-0.05, 0) is 6.42 Å². The third-order valence-corrected chi connectivity index (χ3v) is 2.39. The minimum absolute atomic E-state index is 0.117. The van der Waals surface area contributed by atoms with Crippen molar-refractivity contribution in [1.82, 2.24) is 0 Å². The van der Waals surface area contributed by atoms with Gasteiger partial charge >= 0.3 is 0 Å². The van der Waals surface area contributed by atoms with Crippen LogP contribution in [0, 0.1) is 5.21 Å². The van der Waals surface area contributed by atoms with E-state index in [-0.39, 0.29) is 10.8 Å².